The molecule has 9 aromatic rings. The van der Waals surface area contributed by atoms with Crippen molar-refractivity contribution in [3.8, 4) is 56.5 Å². The van der Waals surface area contributed by atoms with Gasteiger partial charge in [0.2, 0.25) is 0 Å². The Morgan fingerprint density at radius 3 is 1.88 bits per heavy atom. The molecule has 0 bridgehead atoms. The molecule has 0 radical (unpaired) electrons. The number of anilines is 1. The first kappa shape index (κ1) is 34.5. The molecule has 3 aromatic heterocycles. The van der Waals surface area contributed by atoms with Crippen LogP contribution >= 0.6 is 0 Å². The number of nitrogens with zero attached hydrogens (tertiary/aromatic N) is 5. The van der Waals surface area contributed by atoms with Gasteiger partial charge in [0, 0.05) is 50.4 Å². The van der Waals surface area contributed by atoms with Crippen LogP contribution in [0.2, 0.25) is 0 Å². The highest BCUT2D eigenvalue weighted by Crippen LogP contribution is 2.34. The molecule has 56 heavy (non-hydrogen) atoms. The number of hydrogen-bond acceptors (Lipinski definition) is 6. The first-order valence-electron chi connectivity index (χ1n) is 18.8. The van der Waals surface area contributed by atoms with Gasteiger partial charge in [-0.2, -0.15) is 0 Å². The number of nitrogens with two attached hydrogens (primary N) is 1. The van der Waals surface area contributed by atoms with Gasteiger partial charge in [0.05, 0.1) is 22.4 Å². The number of rotatable bonds is 8. The lowest BCUT2D eigenvalue weighted by Crippen LogP contribution is -2.00. The van der Waals surface area contributed by atoms with E-state index in [1.807, 2.05) is 79.0 Å². The molecule has 0 saturated heterocycles. The van der Waals surface area contributed by atoms with Gasteiger partial charge in [-0.3, -0.25) is 4.98 Å². The van der Waals surface area contributed by atoms with E-state index in [4.69, 9.17) is 30.7 Å². The fourth-order valence-corrected chi connectivity index (χ4v) is 7.34. The van der Waals surface area contributed by atoms with E-state index in [2.05, 4.69) is 111 Å². The van der Waals surface area contributed by atoms with E-state index in [0.717, 1.165) is 72.0 Å². The number of pyridine rings is 2. The lowest BCUT2D eigenvalue weighted by atomic mass is 9.94. The number of allylic oxidation sites excluding steroid dienone is 2. The number of nitrogen functional groups attached to an aromatic ring is 1. The number of aromatic nitrogens is 5. The van der Waals surface area contributed by atoms with E-state index < -0.39 is 0 Å². The molecule has 268 valence electrons. The minimum absolute atomic E-state index is 0.256. The monoisotopic (exact) mass is 722 g/mol. The molecule has 0 fully saturated rings. The van der Waals surface area contributed by atoms with Gasteiger partial charge in [0.25, 0.3) is 0 Å². The molecule has 1 unspecified atom stereocenters. The molecule has 6 aromatic carbocycles. The van der Waals surface area contributed by atoms with Crippen molar-refractivity contribution in [3.63, 3.8) is 0 Å². The molecule has 9 rings (SSSR count). The first-order chi connectivity index (χ1) is 27.5. The standard InChI is InChI=1S/C50H38N6/c1-32(34-12-5-3-6-13-34)30-33(2)42-27-25-37-26-28-44(53-47(37)45(42)51)35-21-23-39(24-22-35)49-54-48(38-14-7-4-8-15-38)55-50(56-49)41-18-9-17-40(31-41)43-20-10-16-36-19-11-29-52-46(36)43/h3-32H,51H2,1-2H3/b33-30-. The average molecular weight is 723 g/mol. The lowest BCUT2D eigenvalue weighted by Gasteiger charge is -2.13. The minimum atomic E-state index is 0.256. The lowest BCUT2D eigenvalue weighted by molar-refractivity contribution is 0.968. The molecule has 0 aliphatic heterocycles. The third-order valence-corrected chi connectivity index (χ3v) is 10.3. The second-order valence-electron chi connectivity index (χ2n) is 14.1. The largest absolute Gasteiger partial charge is 0.396 e. The van der Waals surface area contributed by atoms with Crippen LogP contribution in [0.5, 0.6) is 0 Å². The predicted molar refractivity (Wildman–Crippen MR) is 231 cm³/mol. The maximum atomic E-state index is 6.84. The van der Waals surface area contributed by atoms with Crippen molar-refractivity contribution in [2.24, 2.45) is 0 Å². The SMILES string of the molecule is C/C(=C/C(C)c1ccccc1)c1ccc2ccc(-c3ccc(-c4nc(-c5ccccc5)nc(-c5cccc(-c6cccc7cccnc67)c5)n4)cc3)nc2c1N. The van der Waals surface area contributed by atoms with Crippen LogP contribution in [0.25, 0.3) is 83.9 Å². The summed E-state index contributed by atoms with van der Waals surface area (Å²) in [6.45, 7) is 4.33. The third-order valence-electron chi connectivity index (χ3n) is 10.3. The van der Waals surface area contributed by atoms with Crippen LogP contribution < -0.4 is 5.73 Å². The Kier molecular flexibility index (Phi) is 9.13. The summed E-state index contributed by atoms with van der Waals surface area (Å²) in [5.41, 5.74) is 19.3. The number of para-hydroxylation sites is 1. The van der Waals surface area contributed by atoms with Crippen molar-refractivity contribution in [3.05, 3.63) is 187 Å². The van der Waals surface area contributed by atoms with Crippen molar-refractivity contribution in [2.45, 2.75) is 19.8 Å². The normalized spacial score (nSPS) is 12.2. The second kappa shape index (κ2) is 14.8. The third kappa shape index (κ3) is 6.80. The smallest absolute Gasteiger partial charge is 0.164 e. The van der Waals surface area contributed by atoms with E-state index in [1.54, 1.807) is 0 Å². The fraction of sp³-hybridized carbons (Fsp3) is 0.0600. The summed E-state index contributed by atoms with van der Waals surface area (Å²) in [6, 6.07) is 55.7. The Morgan fingerprint density at radius 1 is 0.518 bits per heavy atom. The molecular weight excluding hydrogens is 685 g/mol. The van der Waals surface area contributed by atoms with E-state index >= 15 is 0 Å². The topological polar surface area (TPSA) is 90.5 Å². The van der Waals surface area contributed by atoms with Gasteiger partial charge in [-0.1, -0.05) is 159 Å². The Bertz CT molecular complexity index is 2880. The van der Waals surface area contributed by atoms with Gasteiger partial charge >= 0.3 is 0 Å². The summed E-state index contributed by atoms with van der Waals surface area (Å²) >= 11 is 0. The first-order valence-corrected chi connectivity index (χ1v) is 18.8. The molecule has 0 amide bonds. The zero-order valence-corrected chi connectivity index (χ0v) is 31.1. The molecule has 6 heteroatoms. The minimum Gasteiger partial charge on any atom is -0.396 e. The maximum absolute atomic E-state index is 6.84. The highest BCUT2D eigenvalue weighted by molar-refractivity contribution is 5.97. The molecule has 2 N–H and O–H groups in total. The van der Waals surface area contributed by atoms with Crippen molar-refractivity contribution in [1.29, 1.82) is 0 Å². The van der Waals surface area contributed by atoms with Gasteiger partial charge in [-0.15, -0.1) is 0 Å². The van der Waals surface area contributed by atoms with Gasteiger partial charge in [0.15, 0.2) is 17.5 Å². The summed E-state index contributed by atoms with van der Waals surface area (Å²) < 4.78 is 0. The highest BCUT2D eigenvalue weighted by atomic mass is 15.0. The van der Waals surface area contributed by atoms with E-state index in [9.17, 15) is 0 Å². The van der Waals surface area contributed by atoms with E-state index in [0.29, 0.717) is 23.2 Å². The summed E-state index contributed by atoms with van der Waals surface area (Å²) in [7, 11) is 0. The summed E-state index contributed by atoms with van der Waals surface area (Å²) in [5, 5.41) is 2.10. The molecule has 6 nitrogen and oxygen atoms in total. The molecule has 1 atom stereocenters. The van der Waals surface area contributed by atoms with Gasteiger partial charge < -0.3 is 5.73 Å². The highest BCUT2D eigenvalue weighted by Gasteiger charge is 2.15. The van der Waals surface area contributed by atoms with Gasteiger partial charge in [0.1, 0.15) is 0 Å². The molecule has 0 saturated carbocycles. The summed E-state index contributed by atoms with van der Waals surface area (Å²) in [5.74, 6) is 2.05. The van der Waals surface area contributed by atoms with Crippen molar-refractivity contribution in [2.75, 3.05) is 5.73 Å². The van der Waals surface area contributed by atoms with Crippen LogP contribution in [-0.4, -0.2) is 24.9 Å². The molecule has 0 aliphatic rings. The fourth-order valence-electron chi connectivity index (χ4n) is 7.34. The molecular formula is C50H38N6. The zero-order valence-electron chi connectivity index (χ0n) is 31.1. The van der Waals surface area contributed by atoms with Crippen LogP contribution in [0.3, 0.4) is 0 Å². The van der Waals surface area contributed by atoms with Crippen molar-refractivity contribution < 1.29 is 0 Å². The van der Waals surface area contributed by atoms with Crippen LogP contribution in [-0.2, 0) is 0 Å². The Morgan fingerprint density at radius 2 is 1.11 bits per heavy atom. The van der Waals surface area contributed by atoms with E-state index in [1.165, 1.54) is 5.56 Å². The van der Waals surface area contributed by atoms with Crippen LogP contribution in [0.1, 0.15) is 30.9 Å². The van der Waals surface area contributed by atoms with Crippen LogP contribution in [0.15, 0.2) is 176 Å². The van der Waals surface area contributed by atoms with E-state index in [-0.39, 0.29) is 5.92 Å². The summed E-state index contributed by atoms with van der Waals surface area (Å²) in [6.07, 6.45) is 4.10. The Balaban J connectivity index is 1.06. The Labute approximate surface area is 326 Å². The molecule has 0 spiro atoms. The van der Waals surface area contributed by atoms with Gasteiger partial charge in [-0.25, -0.2) is 19.9 Å². The molecule has 3 heterocycles. The second-order valence-corrected chi connectivity index (χ2v) is 14.1. The van der Waals surface area contributed by atoms with Crippen molar-refractivity contribution >= 4 is 33.1 Å². The maximum Gasteiger partial charge on any atom is 0.164 e. The zero-order chi connectivity index (χ0) is 38.0. The average Bonchev–Trinajstić information content (AvgIpc) is 3.26. The Hall–Kier alpha value is -7.31. The molecule has 0 aliphatic carbocycles. The van der Waals surface area contributed by atoms with Gasteiger partial charge in [-0.05, 0) is 47.7 Å². The number of benzene rings is 6. The predicted octanol–water partition coefficient (Wildman–Crippen LogP) is 12.1. The summed E-state index contributed by atoms with van der Waals surface area (Å²) in [4.78, 5) is 24.8. The van der Waals surface area contributed by atoms with Crippen LogP contribution in [0, 0.1) is 0 Å². The number of fused-ring (bicyclic) bond motifs is 2. The number of hydrogen-bond donors (Lipinski definition) is 1. The van der Waals surface area contributed by atoms with Crippen molar-refractivity contribution in [1.82, 2.24) is 24.9 Å². The quantitative estimate of drug-likeness (QED) is 0.157. The van der Waals surface area contributed by atoms with Crippen LogP contribution in [0.4, 0.5) is 5.69 Å².